The fourth-order valence-electron chi connectivity index (χ4n) is 2.88. The molecule has 0 aromatic carbocycles. The quantitative estimate of drug-likeness (QED) is 0.690. The molecule has 2 atom stereocenters. The van der Waals surface area contributed by atoms with Crippen LogP contribution in [0.2, 0.25) is 0 Å². The number of hydrogen-bond donors (Lipinski definition) is 1. The monoisotopic (exact) mass is 170 g/mol. The maximum atomic E-state index is 9.19. The lowest BCUT2D eigenvalue weighted by atomic mass is 9.89. The second kappa shape index (κ2) is 2.73. The van der Waals surface area contributed by atoms with Crippen LogP contribution in [0.25, 0.3) is 0 Å². The van der Waals surface area contributed by atoms with Crippen molar-refractivity contribution < 1.29 is 5.11 Å². The molecule has 2 unspecified atom stereocenters. The van der Waals surface area contributed by atoms with Gasteiger partial charge in [0.2, 0.25) is 0 Å². The van der Waals surface area contributed by atoms with Gasteiger partial charge in [-0.15, -0.1) is 0 Å². The minimum atomic E-state index is 0.353. The molecule has 1 N–H and O–H groups in total. The molecule has 0 heterocycles. The smallest absolute Gasteiger partial charge is 0.0470 e. The summed E-state index contributed by atoms with van der Waals surface area (Å²) in [5.41, 5.74) is 0.738. The van der Waals surface area contributed by atoms with Gasteiger partial charge in [-0.05, 0) is 29.1 Å². The molecule has 1 nitrogen and oxygen atoms in total. The zero-order chi connectivity index (χ0) is 9.57. The standard InChI is InChI=1S/C11H22O/c1-8(2)6-11(5)9(7-12)10(11,3)4/h8-9,12H,6-7H2,1-5H3. The van der Waals surface area contributed by atoms with E-state index in [1.807, 2.05) is 0 Å². The van der Waals surface area contributed by atoms with Crippen molar-refractivity contribution in [2.75, 3.05) is 6.61 Å². The van der Waals surface area contributed by atoms with Gasteiger partial charge < -0.3 is 5.11 Å². The fourth-order valence-corrected chi connectivity index (χ4v) is 2.88. The molecule has 1 heteroatoms. The second-order valence-electron chi connectivity index (χ2n) is 5.47. The molecule has 1 aliphatic rings. The first kappa shape index (κ1) is 10.0. The first-order chi connectivity index (χ1) is 5.36. The van der Waals surface area contributed by atoms with Gasteiger partial charge in [0.15, 0.2) is 0 Å². The van der Waals surface area contributed by atoms with E-state index >= 15 is 0 Å². The molecule has 1 saturated carbocycles. The van der Waals surface area contributed by atoms with Gasteiger partial charge in [0.1, 0.15) is 0 Å². The van der Waals surface area contributed by atoms with Crippen LogP contribution in [0.3, 0.4) is 0 Å². The van der Waals surface area contributed by atoms with Crippen LogP contribution in [0.4, 0.5) is 0 Å². The van der Waals surface area contributed by atoms with E-state index in [2.05, 4.69) is 34.6 Å². The Kier molecular flexibility index (Phi) is 2.28. The van der Waals surface area contributed by atoms with Crippen molar-refractivity contribution in [2.45, 2.75) is 41.0 Å². The van der Waals surface area contributed by atoms with Crippen molar-refractivity contribution in [3.63, 3.8) is 0 Å². The number of rotatable bonds is 3. The van der Waals surface area contributed by atoms with Gasteiger partial charge in [-0.2, -0.15) is 0 Å². The Hall–Kier alpha value is -0.0400. The molecular weight excluding hydrogens is 148 g/mol. The molecule has 0 aromatic rings. The SMILES string of the molecule is CC(C)CC1(C)C(CO)C1(C)C. The van der Waals surface area contributed by atoms with Gasteiger partial charge in [0.25, 0.3) is 0 Å². The molecule has 0 radical (unpaired) electrons. The molecule has 0 saturated heterocycles. The molecule has 0 bridgehead atoms. The van der Waals surface area contributed by atoms with Crippen molar-refractivity contribution in [1.82, 2.24) is 0 Å². The fraction of sp³-hybridized carbons (Fsp3) is 1.00. The lowest BCUT2D eigenvalue weighted by molar-refractivity contribution is 0.241. The van der Waals surface area contributed by atoms with E-state index in [1.165, 1.54) is 6.42 Å². The molecule has 0 amide bonds. The van der Waals surface area contributed by atoms with Crippen LogP contribution in [0.15, 0.2) is 0 Å². The summed E-state index contributed by atoms with van der Waals surface area (Å²) in [6.07, 6.45) is 1.24. The van der Waals surface area contributed by atoms with E-state index < -0.39 is 0 Å². The summed E-state index contributed by atoms with van der Waals surface area (Å²) in [4.78, 5) is 0. The molecule has 0 aliphatic heterocycles. The topological polar surface area (TPSA) is 20.2 Å². The van der Waals surface area contributed by atoms with Gasteiger partial charge in [0, 0.05) is 6.61 Å². The van der Waals surface area contributed by atoms with Crippen molar-refractivity contribution in [3.05, 3.63) is 0 Å². The van der Waals surface area contributed by atoms with Crippen molar-refractivity contribution in [3.8, 4) is 0 Å². The van der Waals surface area contributed by atoms with Crippen molar-refractivity contribution >= 4 is 0 Å². The second-order valence-corrected chi connectivity index (χ2v) is 5.47. The van der Waals surface area contributed by atoms with Crippen LogP contribution in [-0.4, -0.2) is 11.7 Å². The lowest BCUT2D eigenvalue weighted by Gasteiger charge is -2.16. The number of aliphatic hydroxyl groups is 1. The zero-order valence-corrected chi connectivity index (χ0v) is 9.02. The Labute approximate surface area is 76.2 Å². The lowest BCUT2D eigenvalue weighted by Crippen LogP contribution is -2.08. The third-order valence-electron chi connectivity index (χ3n) is 4.04. The molecule has 0 spiro atoms. The summed E-state index contributed by atoms with van der Waals surface area (Å²) < 4.78 is 0. The predicted octanol–water partition coefficient (Wildman–Crippen LogP) is 2.69. The normalized spacial score (nSPS) is 38.8. The Morgan fingerprint density at radius 3 is 2.00 bits per heavy atom. The molecule has 12 heavy (non-hydrogen) atoms. The van der Waals surface area contributed by atoms with Crippen LogP contribution >= 0.6 is 0 Å². The zero-order valence-electron chi connectivity index (χ0n) is 9.02. The van der Waals surface area contributed by atoms with Gasteiger partial charge in [-0.3, -0.25) is 0 Å². The van der Waals surface area contributed by atoms with E-state index in [0.717, 1.165) is 5.92 Å². The summed E-state index contributed by atoms with van der Waals surface area (Å²) in [6, 6.07) is 0. The highest BCUT2D eigenvalue weighted by atomic mass is 16.3. The minimum absolute atomic E-state index is 0.353. The highest BCUT2D eigenvalue weighted by Gasteiger charge is 2.66. The average molecular weight is 170 g/mol. The van der Waals surface area contributed by atoms with Gasteiger partial charge in [-0.25, -0.2) is 0 Å². The molecule has 1 fully saturated rings. The molecule has 1 rings (SSSR count). The van der Waals surface area contributed by atoms with Crippen molar-refractivity contribution in [2.24, 2.45) is 22.7 Å². The summed E-state index contributed by atoms with van der Waals surface area (Å²) >= 11 is 0. The Morgan fingerprint density at radius 1 is 1.25 bits per heavy atom. The Bertz CT molecular complexity index is 172. The third-order valence-corrected chi connectivity index (χ3v) is 4.04. The van der Waals surface area contributed by atoms with Gasteiger partial charge in [0.05, 0.1) is 0 Å². The first-order valence-electron chi connectivity index (χ1n) is 4.97. The Balaban J connectivity index is 2.63. The van der Waals surface area contributed by atoms with Crippen LogP contribution < -0.4 is 0 Å². The average Bonchev–Trinajstić information content (AvgIpc) is 2.24. The van der Waals surface area contributed by atoms with E-state index in [4.69, 9.17) is 0 Å². The van der Waals surface area contributed by atoms with Crippen LogP contribution in [0.5, 0.6) is 0 Å². The maximum Gasteiger partial charge on any atom is 0.0470 e. The Morgan fingerprint density at radius 2 is 1.75 bits per heavy atom. The highest BCUT2D eigenvalue weighted by Crippen LogP contribution is 2.70. The number of hydrogen-bond acceptors (Lipinski definition) is 1. The van der Waals surface area contributed by atoms with E-state index in [9.17, 15) is 5.11 Å². The van der Waals surface area contributed by atoms with Crippen LogP contribution in [0.1, 0.15) is 41.0 Å². The maximum absolute atomic E-state index is 9.19. The summed E-state index contributed by atoms with van der Waals surface area (Å²) in [7, 11) is 0. The summed E-state index contributed by atoms with van der Waals surface area (Å²) in [6.45, 7) is 11.7. The minimum Gasteiger partial charge on any atom is -0.396 e. The third kappa shape index (κ3) is 1.19. The first-order valence-corrected chi connectivity index (χ1v) is 4.97. The predicted molar refractivity (Wildman–Crippen MR) is 51.9 cm³/mol. The van der Waals surface area contributed by atoms with E-state index in [1.54, 1.807) is 0 Å². The van der Waals surface area contributed by atoms with Crippen molar-refractivity contribution in [1.29, 1.82) is 0 Å². The number of aliphatic hydroxyl groups excluding tert-OH is 1. The molecular formula is C11H22O. The van der Waals surface area contributed by atoms with Gasteiger partial charge in [-0.1, -0.05) is 34.6 Å². The summed E-state index contributed by atoms with van der Waals surface area (Å²) in [5, 5.41) is 9.19. The van der Waals surface area contributed by atoms with Gasteiger partial charge >= 0.3 is 0 Å². The molecule has 0 aromatic heterocycles. The van der Waals surface area contributed by atoms with E-state index in [-0.39, 0.29) is 0 Å². The van der Waals surface area contributed by atoms with Crippen LogP contribution in [-0.2, 0) is 0 Å². The summed E-state index contributed by atoms with van der Waals surface area (Å²) in [5.74, 6) is 1.26. The molecule has 1 aliphatic carbocycles. The highest BCUT2D eigenvalue weighted by molar-refractivity contribution is 5.14. The van der Waals surface area contributed by atoms with E-state index in [0.29, 0.717) is 23.4 Å². The largest absolute Gasteiger partial charge is 0.396 e. The molecule has 72 valence electrons. The van der Waals surface area contributed by atoms with Crippen LogP contribution in [0, 0.1) is 22.7 Å².